The smallest absolute Gasteiger partial charge is 0.0576 e. The SMILES string of the molecule is CCC(C)(C(N)CCC1CCCO1)N1CCCC1. The van der Waals surface area contributed by atoms with Gasteiger partial charge in [-0.15, -0.1) is 0 Å². The molecule has 106 valence electrons. The van der Waals surface area contributed by atoms with Gasteiger partial charge < -0.3 is 10.5 Å². The Morgan fingerprint density at radius 1 is 1.33 bits per heavy atom. The van der Waals surface area contributed by atoms with Crippen molar-refractivity contribution in [2.75, 3.05) is 19.7 Å². The minimum Gasteiger partial charge on any atom is -0.378 e. The van der Waals surface area contributed by atoms with Gasteiger partial charge in [-0.3, -0.25) is 4.90 Å². The van der Waals surface area contributed by atoms with Crippen molar-refractivity contribution in [3.05, 3.63) is 0 Å². The normalized spacial score (nSPS) is 30.5. The van der Waals surface area contributed by atoms with Crippen LogP contribution in [0.4, 0.5) is 0 Å². The number of rotatable bonds is 6. The zero-order valence-corrected chi connectivity index (χ0v) is 12.2. The summed E-state index contributed by atoms with van der Waals surface area (Å²) in [5, 5.41) is 0. The van der Waals surface area contributed by atoms with Crippen molar-refractivity contribution >= 4 is 0 Å². The Morgan fingerprint density at radius 2 is 2.06 bits per heavy atom. The van der Waals surface area contributed by atoms with E-state index in [1.807, 2.05) is 0 Å². The molecule has 0 spiro atoms. The molecule has 2 saturated heterocycles. The van der Waals surface area contributed by atoms with Crippen molar-refractivity contribution in [1.29, 1.82) is 0 Å². The fourth-order valence-electron chi connectivity index (χ4n) is 3.50. The predicted octanol–water partition coefficient (Wildman–Crippen LogP) is 2.54. The summed E-state index contributed by atoms with van der Waals surface area (Å²) in [7, 11) is 0. The lowest BCUT2D eigenvalue weighted by Gasteiger charge is -2.43. The van der Waals surface area contributed by atoms with Crippen molar-refractivity contribution in [3.63, 3.8) is 0 Å². The predicted molar refractivity (Wildman–Crippen MR) is 75.7 cm³/mol. The number of nitrogens with two attached hydrogens (primary N) is 1. The van der Waals surface area contributed by atoms with Gasteiger partial charge >= 0.3 is 0 Å². The Morgan fingerprint density at radius 3 is 2.61 bits per heavy atom. The first-order chi connectivity index (χ1) is 8.66. The molecule has 2 aliphatic heterocycles. The van der Waals surface area contributed by atoms with Crippen LogP contribution in [-0.2, 0) is 4.74 Å². The first kappa shape index (κ1) is 14.3. The molecule has 2 rings (SSSR count). The van der Waals surface area contributed by atoms with Gasteiger partial charge in [-0.25, -0.2) is 0 Å². The lowest BCUT2D eigenvalue weighted by molar-refractivity contribution is 0.0722. The topological polar surface area (TPSA) is 38.5 Å². The van der Waals surface area contributed by atoms with Crippen LogP contribution < -0.4 is 5.73 Å². The van der Waals surface area contributed by atoms with E-state index in [2.05, 4.69) is 18.7 Å². The van der Waals surface area contributed by atoms with E-state index in [1.165, 1.54) is 38.8 Å². The maximum absolute atomic E-state index is 6.52. The van der Waals surface area contributed by atoms with Gasteiger partial charge in [-0.05, 0) is 65.0 Å². The summed E-state index contributed by atoms with van der Waals surface area (Å²) in [6, 6.07) is 0.282. The summed E-state index contributed by atoms with van der Waals surface area (Å²) in [4.78, 5) is 2.62. The second kappa shape index (κ2) is 6.36. The Balaban J connectivity index is 1.85. The highest BCUT2D eigenvalue weighted by Gasteiger charge is 2.37. The molecule has 3 nitrogen and oxygen atoms in total. The van der Waals surface area contributed by atoms with E-state index >= 15 is 0 Å². The largest absolute Gasteiger partial charge is 0.378 e. The molecule has 18 heavy (non-hydrogen) atoms. The number of likely N-dealkylation sites (tertiary alicyclic amines) is 1. The van der Waals surface area contributed by atoms with Gasteiger partial charge in [0.05, 0.1) is 6.10 Å². The molecule has 0 aromatic rings. The van der Waals surface area contributed by atoms with Gasteiger partial charge in [0.1, 0.15) is 0 Å². The third-order valence-corrected chi connectivity index (χ3v) is 5.17. The van der Waals surface area contributed by atoms with Crippen molar-refractivity contribution < 1.29 is 4.74 Å². The van der Waals surface area contributed by atoms with E-state index in [4.69, 9.17) is 10.5 Å². The fourth-order valence-corrected chi connectivity index (χ4v) is 3.50. The highest BCUT2D eigenvalue weighted by atomic mass is 16.5. The van der Waals surface area contributed by atoms with Crippen LogP contribution in [0.2, 0.25) is 0 Å². The summed E-state index contributed by atoms with van der Waals surface area (Å²) in [6.07, 6.45) is 9.03. The maximum Gasteiger partial charge on any atom is 0.0576 e. The van der Waals surface area contributed by atoms with E-state index in [0.717, 1.165) is 25.9 Å². The van der Waals surface area contributed by atoms with Crippen LogP contribution in [-0.4, -0.2) is 42.3 Å². The van der Waals surface area contributed by atoms with E-state index < -0.39 is 0 Å². The summed E-state index contributed by atoms with van der Waals surface area (Å²) in [6.45, 7) is 8.07. The molecular weight excluding hydrogens is 224 g/mol. The molecule has 3 unspecified atom stereocenters. The second-order valence-corrected chi connectivity index (χ2v) is 6.22. The molecule has 2 N–H and O–H groups in total. The van der Waals surface area contributed by atoms with Crippen LogP contribution >= 0.6 is 0 Å². The minimum atomic E-state index is 0.190. The molecular formula is C15H30N2O. The average Bonchev–Trinajstić information content (AvgIpc) is 3.07. The minimum absolute atomic E-state index is 0.190. The molecule has 0 aromatic carbocycles. The first-order valence-corrected chi connectivity index (χ1v) is 7.79. The molecule has 0 aliphatic carbocycles. The summed E-state index contributed by atoms with van der Waals surface area (Å²) < 4.78 is 5.71. The molecule has 0 saturated carbocycles. The van der Waals surface area contributed by atoms with Crippen molar-refractivity contribution in [2.24, 2.45) is 5.73 Å². The fraction of sp³-hybridized carbons (Fsp3) is 1.00. The van der Waals surface area contributed by atoms with Crippen molar-refractivity contribution in [3.8, 4) is 0 Å². The molecule has 3 atom stereocenters. The van der Waals surface area contributed by atoms with Crippen LogP contribution in [0.3, 0.4) is 0 Å². The van der Waals surface area contributed by atoms with Crippen LogP contribution in [0, 0.1) is 0 Å². The van der Waals surface area contributed by atoms with Gasteiger partial charge in [0.25, 0.3) is 0 Å². The highest BCUT2D eigenvalue weighted by Crippen LogP contribution is 2.30. The van der Waals surface area contributed by atoms with E-state index in [9.17, 15) is 0 Å². The standard InChI is InChI=1S/C15H30N2O/c1-3-15(2,17-10-4-5-11-17)14(16)9-8-13-7-6-12-18-13/h13-14H,3-12,16H2,1-2H3. The van der Waals surface area contributed by atoms with E-state index in [0.29, 0.717) is 6.10 Å². The van der Waals surface area contributed by atoms with Gasteiger partial charge in [0.15, 0.2) is 0 Å². The number of nitrogens with zero attached hydrogens (tertiary/aromatic N) is 1. The third kappa shape index (κ3) is 3.06. The second-order valence-electron chi connectivity index (χ2n) is 6.22. The molecule has 0 aromatic heterocycles. The van der Waals surface area contributed by atoms with Gasteiger partial charge in [-0.2, -0.15) is 0 Å². The van der Waals surface area contributed by atoms with Crippen LogP contribution in [0.5, 0.6) is 0 Å². The Hall–Kier alpha value is -0.120. The summed E-state index contributed by atoms with van der Waals surface area (Å²) >= 11 is 0. The van der Waals surface area contributed by atoms with E-state index in [1.54, 1.807) is 0 Å². The van der Waals surface area contributed by atoms with Gasteiger partial charge in [0, 0.05) is 18.2 Å². The zero-order valence-electron chi connectivity index (χ0n) is 12.2. The lowest BCUT2D eigenvalue weighted by Crippen LogP contribution is -2.56. The molecule has 0 bridgehead atoms. The monoisotopic (exact) mass is 254 g/mol. The third-order valence-electron chi connectivity index (χ3n) is 5.17. The van der Waals surface area contributed by atoms with Crippen LogP contribution in [0.25, 0.3) is 0 Å². The van der Waals surface area contributed by atoms with Crippen molar-refractivity contribution in [1.82, 2.24) is 4.90 Å². The van der Waals surface area contributed by atoms with Crippen LogP contribution in [0.1, 0.15) is 58.8 Å². The van der Waals surface area contributed by atoms with Gasteiger partial charge in [0.2, 0.25) is 0 Å². The Kier molecular flexibility index (Phi) is 5.05. The molecule has 2 aliphatic rings. The zero-order chi connectivity index (χ0) is 13.0. The number of ether oxygens (including phenoxy) is 1. The highest BCUT2D eigenvalue weighted by molar-refractivity contribution is 4.96. The van der Waals surface area contributed by atoms with Gasteiger partial charge in [-0.1, -0.05) is 6.92 Å². The number of hydrogen-bond acceptors (Lipinski definition) is 3. The molecule has 3 heteroatoms. The molecule has 2 heterocycles. The van der Waals surface area contributed by atoms with Crippen LogP contribution in [0.15, 0.2) is 0 Å². The summed E-state index contributed by atoms with van der Waals surface area (Å²) in [5.41, 5.74) is 6.71. The average molecular weight is 254 g/mol. The quantitative estimate of drug-likeness (QED) is 0.791. The first-order valence-electron chi connectivity index (χ1n) is 7.79. The van der Waals surface area contributed by atoms with E-state index in [-0.39, 0.29) is 11.6 Å². The maximum atomic E-state index is 6.52. The Labute approximate surface area is 112 Å². The molecule has 0 amide bonds. The Bertz CT molecular complexity index is 247. The lowest BCUT2D eigenvalue weighted by atomic mass is 9.84. The summed E-state index contributed by atoms with van der Waals surface area (Å²) in [5.74, 6) is 0. The molecule has 0 radical (unpaired) electrons. The number of hydrogen-bond donors (Lipinski definition) is 1. The van der Waals surface area contributed by atoms with Crippen molar-refractivity contribution in [2.45, 2.75) is 76.5 Å². The molecule has 2 fully saturated rings.